The zero-order valence-electron chi connectivity index (χ0n) is 18.4. The third kappa shape index (κ3) is 4.90. The van der Waals surface area contributed by atoms with Crippen molar-refractivity contribution in [2.24, 2.45) is 0 Å². The van der Waals surface area contributed by atoms with Crippen LogP contribution in [-0.2, 0) is 14.3 Å². The number of benzene rings is 1. The van der Waals surface area contributed by atoms with Crippen molar-refractivity contribution in [3.05, 3.63) is 48.2 Å². The Morgan fingerprint density at radius 2 is 2.06 bits per heavy atom. The molecule has 0 aliphatic carbocycles. The molecule has 1 amide bonds. The molecule has 0 bridgehead atoms. The zero-order valence-corrected chi connectivity index (χ0v) is 18.4. The van der Waals surface area contributed by atoms with E-state index in [0.29, 0.717) is 42.6 Å². The first-order valence-corrected chi connectivity index (χ1v) is 10.5. The topological polar surface area (TPSA) is 136 Å². The lowest BCUT2D eigenvalue weighted by molar-refractivity contribution is -0.133. The predicted octanol–water partition coefficient (Wildman–Crippen LogP) is 2.97. The van der Waals surface area contributed by atoms with Gasteiger partial charge in [-0.1, -0.05) is 12.1 Å². The van der Waals surface area contributed by atoms with E-state index in [9.17, 15) is 9.59 Å². The van der Waals surface area contributed by atoms with E-state index in [-0.39, 0.29) is 6.04 Å². The Morgan fingerprint density at radius 3 is 2.70 bits per heavy atom. The lowest BCUT2D eigenvalue weighted by atomic mass is 10.00. The number of aromatic nitrogens is 3. The molecule has 0 spiro atoms. The summed E-state index contributed by atoms with van der Waals surface area (Å²) < 4.78 is 5.58. The van der Waals surface area contributed by atoms with Gasteiger partial charge < -0.3 is 25.7 Å². The number of nitrogens with one attached hydrogen (secondary N) is 4. The van der Waals surface area contributed by atoms with Gasteiger partial charge in [0.2, 0.25) is 5.78 Å². The third-order valence-corrected chi connectivity index (χ3v) is 5.38. The maximum absolute atomic E-state index is 11.7. The molecule has 1 aliphatic rings. The Kier molecular flexibility index (Phi) is 6.45. The average molecular weight is 447 g/mol. The van der Waals surface area contributed by atoms with Crippen LogP contribution >= 0.6 is 0 Å². The van der Waals surface area contributed by atoms with Crippen molar-refractivity contribution in [3.63, 3.8) is 0 Å². The monoisotopic (exact) mass is 447 g/mol. The van der Waals surface area contributed by atoms with Gasteiger partial charge in [0.05, 0.1) is 25.5 Å². The highest BCUT2D eigenvalue weighted by Crippen LogP contribution is 2.33. The maximum Gasteiger partial charge on any atom is 0.291 e. The number of ether oxygens (including phenoxy) is 1. The molecule has 10 heteroatoms. The first kappa shape index (κ1) is 22.2. The Hall–Kier alpha value is -4.05. The smallest absolute Gasteiger partial charge is 0.291 e. The lowest BCUT2D eigenvalue weighted by Gasteiger charge is -2.35. The molecule has 1 atom stereocenters. The van der Waals surface area contributed by atoms with Crippen molar-refractivity contribution in [2.45, 2.75) is 19.9 Å². The molecule has 4 rings (SSSR count). The molecule has 1 saturated heterocycles. The summed E-state index contributed by atoms with van der Waals surface area (Å²) in [5.74, 6) is 0.724. The SMILES string of the molecule is CC(=O)C(=O)Nc1ccc(-c2cc(N3CCOC[C@H]3C)nc(Nc3ccn[nH]3)c2C=N)cc1. The number of ketones is 1. The second kappa shape index (κ2) is 9.61. The molecule has 1 aliphatic heterocycles. The summed E-state index contributed by atoms with van der Waals surface area (Å²) in [6.45, 7) is 5.23. The minimum atomic E-state index is -0.665. The number of hydrogen-bond acceptors (Lipinski definition) is 8. The molecule has 4 N–H and O–H groups in total. The van der Waals surface area contributed by atoms with Crippen LogP contribution in [0.15, 0.2) is 42.6 Å². The number of aromatic amines is 1. The van der Waals surface area contributed by atoms with Crippen molar-refractivity contribution >= 4 is 41.0 Å². The van der Waals surface area contributed by atoms with Crippen molar-refractivity contribution in [1.82, 2.24) is 15.2 Å². The number of carbonyl (C=O) groups excluding carboxylic acids is 2. The van der Waals surface area contributed by atoms with Crippen molar-refractivity contribution in [1.29, 1.82) is 5.41 Å². The molecule has 0 radical (unpaired) electrons. The summed E-state index contributed by atoms with van der Waals surface area (Å²) in [7, 11) is 0. The van der Waals surface area contributed by atoms with E-state index < -0.39 is 11.7 Å². The lowest BCUT2D eigenvalue weighted by Crippen LogP contribution is -2.44. The summed E-state index contributed by atoms with van der Waals surface area (Å²) in [5, 5.41) is 20.7. The third-order valence-electron chi connectivity index (χ3n) is 5.38. The van der Waals surface area contributed by atoms with Crippen LogP contribution in [0.25, 0.3) is 11.1 Å². The van der Waals surface area contributed by atoms with E-state index in [0.717, 1.165) is 16.9 Å². The molecule has 33 heavy (non-hydrogen) atoms. The summed E-state index contributed by atoms with van der Waals surface area (Å²) in [6.07, 6.45) is 2.90. The van der Waals surface area contributed by atoms with Gasteiger partial charge in [0, 0.05) is 37.0 Å². The normalized spacial score (nSPS) is 15.7. The summed E-state index contributed by atoms with van der Waals surface area (Å²) >= 11 is 0. The van der Waals surface area contributed by atoms with Crippen LogP contribution in [0.3, 0.4) is 0 Å². The number of H-pyrrole nitrogens is 1. The standard InChI is InChI=1S/C23H25N7O3/c1-14-13-33-10-9-30(14)21-11-18(16-3-5-17(6-4-16)26-23(32)15(2)31)19(12-24)22(28-21)27-20-7-8-25-29-20/h3-8,11-12,14,24H,9-10,13H2,1-2H3,(H,26,32)(H2,25,27,28,29)/t14-/m1/s1. The average Bonchev–Trinajstić information content (AvgIpc) is 3.32. The van der Waals surface area contributed by atoms with Gasteiger partial charge in [-0.25, -0.2) is 4.98 Å². The van der Waals surface area contributed by atoms with E-state index in [1.807, 2.05) is 18.2 Å². The molecule has 3 heterocycles. The highest BCUT2D eigenvalue weighted by molar-refractivity contribution is 6.39. The Bertz CT molecular complexity index is 1160. The van der Waals surface area contributed by atoms with Gasteiger partial charge in [-0.2, -0.15) is 5.10 Å². The molecular weight excluding hydrogens is 422 g/mol. The molecule has 2 aromatic heterocycles. The van der Waals surface area contributed by atoms with Crippen LogP contribution in [0.2, 0.25) is 0 Å². The predicted molar refractivity (Wildman–Crippen MR) is 126 cm³/mol. The van der Waals surface area contributed by atoms with E-state index in [2.05, 4.69) is 32.7 Å². The fourth-order valence-electron chi connectivity index (χ4n) is 3.64. The number of hydrogen-bond donors (Lipinski definition) is 4. The molecule has 1 aromatic carbocycles. The van der Waals surface area contributed by atoms with E-state index in [1.54, 1.807) is 24.4 Å². The van der Waals surface area contributed by atoms with E-state index in [4.69, 9.17) is 15.1 Å². The van der Waals surface area contributed by atoms with Gasteiger partial charge in [-0.3, -0.25) is 14.7 Å². The zero-order chi connectivity index (χ0) is 23.4. The van der Waals surface area contributed by atoms with Crippen molar-refractivity contribution in [3.8, 4) is 11.1 Å². The van der Waals surface area contributed by atoms with Gasteiger partial charge >= 0.3 is 0 Å². The van der Waals surface area contributed by atoms with Crippen LogP contribution in [0, 0.1) is 5.41 Å². The highest BCUT2D eigenvalue weighted by atomic mass is 16.5. The summed E-state index contributed by atoms with van der Waals surface area (Å²) in [4.78, 5) is 29.9. The molecule has 0 unspecified atom stereocenters. The fourth-order valence-corrected chi connectivity index (χ4v) is 3.64. The number of pyridine rings is 1. The van der Waals surface area contributed by atoms with Crippen molar-refractivity contribution in [2.75, 3.05) is 35.3 Å². The highest BCUT2D eigenvalue weighted by Gasteiger charge is 2.23. The second-order valence-electron chi connectivity index (χ2n) is 7.73. The number of nitrogens with zero attached hydrogens (tertiary/aromatic N) is 3. The first-order valence-electron chi connectivity index (χ1n) is 10.5. The van der Waals surface area contributed by atoms with Crippen LogP contribution in [0.5, 0.6) is 0 Å². The summed E-state index contributed by atoms with van der Waals surface area (Å²) in [5.41, 5.74) is 2.77. The summed E-state index contributed by atoms with van der Waals surface area (Å²) in [6, 6.07) is 11.0. The minimum absolute atomic E-state index is 0.147. The molecule has 10 nitrogen and oxygen atoms in total. The maximum atomic E-state index is 11.7. The largest absolute Gasteiger partial charge is 0.377 e. The van der Waals surface area contributed by atoms with Crippen molar-refractivity contribution < 1.29 is 14.3 Å². The second-order valence-corrected chi connectivity index (χ2v) is 7.73. The molecule has 0 saturated carbocycles. The number of rotatable bonds is 7. The van der Waals surface area contributed by atoms with Crippen LogP contribution in [-0.4, -0.2) is 58.9 Å². The Morgan fingerprint density at radius 1 is 1.27 bits per heavy atom. The number of amides is 1. The molecule has 1 fully saturated rings. The minimum Gasteiger partial charge on any atom is -0.377 e. The molecular formula is C23H25N7O3. The van der Waals surface area contributed by atoms with Gasteiger partial charge in [0.1, 0.15) is 17.5 Å². The number of Topliss-reactive ketones (excluding diaryl/α,β-unsaturated/α-hetero) is 1. The van der Waals surface area contributed by atoms with Crippen LogP contribution in [0.1, 0.15) is 19.4 Å². The quantitative estimate of drug-likeness (QED) is 0.323. The number of carbonyl (C=O) groups is 2. The molecule has 170 valence electrons. The van der Waals surface area contributed by atoms with Crippen LogP contribution in [0.4, 0.5) is 23.1 Å². The van der Waals surface area contributed by atoms with E-state index >= 15 is 0 Å². The van der Waals surface area contributed by atoms with Gasteiger partial charge in [0.15, 0.2) is 0 Å². The Labute approximate surface area is 190 Å². The van der Waals surface area contributed by atoms with Crippen LogP contribution < -0.4 is 15.5 Å². The first-order chi connectivity index (χ1) is 16.0. The Balaban J connectivity index is 1.76. The number of anilines is 4. The molecule has 3 aromatic rings. The van der Waals surface area contributed by atoms with E-state index in [1.165, 1.54) is 13.1 Å². The van der Waals surface area contributed by atoms with Gasteiger partial charge in [0.25, 0.3) is 5.91 Å². The van der Waals surface area contributed by atoms with Gasteiger partial charge in [-0.15, -0.1) is 0 Å². The fraction of sp³-hybridized carbons (Fsp3) is 0.261. The van der Waals surface area contributed by atoms with Gasteiger partial charge in [-0.05, 0) is 36.2 Å². The number of morpholine rings is 1.